The van der Waals surface area contributed by atoms with Crippen molar-refractivity contribution >= 4 is 39.5 Å². The molecule has 0 spiro atoms. The highest BCUT2D eigenvalue weighted by Gasteiger charge is 2.14. The Bertz CT molecular complexity index is 897. The maximum Gasteiger partial charge on any atom is 0.221 e. The van der Waals surface area contributed by atoms with Gasteiger partial charge in [0.1, 0.15) is 17.3 Å². The fourth-order valence-corrected chi connectivity index (χ4v) is 3.42. The van der Waals surface area contributed by atoms with Crippen molar-refractivity contribution in [3.63, 3.8) is 0 Å². The Morgan fingerprint density at radius 3 is 2.75 bits per heavy atom. The molecule has 1 amide bonds. The van der Waals surface area contributed by atoms with E-state index < -0.39 is 0 Å². The number of unbranched alkanes of at least 4 members (excludes halogenated alkanes) is 1. The largest absolute Gasteiger partial charge is 0.369 e. The summed E-state index contributed by atoms with van der Waals surface area (Å²) in [5, 5.41) is 21.0. The molecule has 0 aliphatic carbocycles. The van der Waals surface area contributed by atoms with E-state index in [-0.39, 0.29) is 5.91 Å². The van der Waals surface area contributed by atoms with Crippen LogP contribution in [0.4, 0.5) is 22.1 Å². The summed E-state index contributed by atoms with van der Waals surface area (Å²) in [7, 11) is 0. The first-order valence-electron chi connectivity index (χ1n) is 9.33. The van der Waals surface area contributed by atoms with Crippen molar-refractivity contribution in [2.24, 2.45) is 10.2 Å². The number of hydrogen-bond acceptors (Lipinski definition) is 7. The quantitative estimate of drug-likeness (QED) is 0.576. The van der Waals surface area contributed by atoms with Crippen molar-refractivity contribution < 1.29 is 4.79 Å². The first-order valence-corrected chi connectivity index (χ1v) is 10.1. The zero-order valence-corrected chi connectivity index (χ0v) is 17.8. The van der Waals surface area contributed by atoms with E-state index in [0.29, 0.717) is 33.7 Å². The number of aryl methyl sites for hydroxylation is 1. The molecule has 2 aromatic rings. The fourth-order valence-electron chi connectivity index (χ4n) is 2.75. The van der Waals surface area contributed by atoms with Gasteiger partial charge in [-0.3, -0.25) is 4.79 Å². The Morgan fingerprint density at radius 2 is 2.14 bits per heavy atom. The Morgan fingerprint density at radius 1 is 1.39 bits per heavy atom. The van der Waals surface area contributed by atoms with E-state index in [2.05, 4.69) is 51.7 Å². The predicted octanol–water partition coefficient (Wildman–Crippen LogP) is 5.71. The Labute approximate surface area is 170 Å². The number of aromatic nitrogens is 1. The van der Waals surface area contributed by atoms with Crippen LogP contribution < -0.4 is 10.2 Å². The lowest BCUT2D eigenvalue weighted by atomic mass is 10.1. The number of anilines is 2. The fraction of sp³-hybridized carbons (Fsp3) is 0.450. The molecule has 0 unspecified atom stereocenters. The number of carbonyl (C=O) groups excluding carboxylic acids is 1. The zero-order valence-electron chi connectivity index (χ0n) is 17.0. The second-order valence-corrected chi connectivity index (χ2v) is 7.54. The topological polar surface area (TPSA) is 93.7 Å². The molecule has 1 heterocycles. The highest BCUT2D eigenvalue weighted by atomic mass is 32.1. The number of azo groups is 1. The summed E-state index contributed by atoms with van der Waals surface area (Å²) in [5.74, 6) is -0.176. The van der Waals surface area contributed by atoms with Gasteiger partial charge in [0.25, 0.3) is 0 Å². The van der Waals surface area contributed by atoms with Gasteiger partial charge in [0.2, 0.25) is 5.91 Å². The molecule has 0 aliphatic rings. The molecule has 28 heavy (non-hydrogen) atoms. The highest BCUT2D eigenvalue weighted by Crippen LogP contribution is 2.34. The molecule has 1 aromatic carbocycles. The van der Waals surface area contributed by atoms with Crippen molar-refractivity contribution in [3.8, 4) is 6.07 Å². The lowest BCUT2D eigenvalue weighted by Crippen LogP contribution is -2.31. The van der Waals surface area contributed by atoms with Crippen LogP contribution >= 0.6 is 11.5 Å². The van der Waals surface area contributed by atoms with Gasteiger partial charge < -0.3 is 10.2 Å². The number of rotatable bonds is 8. The van der Waals surface area contributed by atoms with E-state index in [4.69, 9.17) is 0 Å². The molecular weight excluding hydrogens is 372 g/mol. The molecule has 0 saturated heterocycles. The number of nitrogens with zero attached hydrogens (tertiary/aromatic N) is 5. The maximum absolute atomic E-state index is 11.7. The van der Waals surface area contributed by atoms with E-state index in [1.165, 1.54) is 6.92 Å². The molecule has 148 valence electrons. The number of benzene rings is 1. The molecule has 2 rings (SSSR count). The molecule has 0 saturated carbocycles. The molecule has 1 aromatic heterocycles. The molecule has 7 nitrogen and oxygen atoms in total. The summed E-state index contributed by atoms with van der Waals surface area (Å²) in [5.41, 5.74) is 3.22. The van der Waals surface area contributed by atoms with Crippen molar-refractivity contribution in [3.05, 3.63) is 29.5 Å². The first-order chi connectivity index (χ1) is 13.4. The van der Waals surface area contributed by atoms with Crippen LogP contribution in [0.1, 0.15) is 51.8 Å². The molecule has 0 radical (unpaired) electrons. The third-order valence-electron chi connectivity index (χ3n) is 4.20. The van der Waals surface area contributed by atoms with Gasteiger partial charge in [-0.25, -0.2) is 0 Å². The average molecular weight is 399 g/mol. The standard InChI is InChI=1S/C20H26N6OS/c1-6-7-10-26(13(2)3)16-8-9-18(19(11-16)22-15(5)27)23-24-20-17(12-21)14(4)25-28-20/h8-9,11,13H,6-7,10H2,1-5H3,(H,22,27). The Hall–Kier alpha value is -2.79. The van der Waals surface area contributed by atoms with Crippen LogP contribution in [-0.4, -0.2) is 22.9 Å². The number of nitriles is 1. The van der Waals surface area contributed by atoms with Gasteiger partial charge in [0.05, 0.1) is 11.4 Å². The van der Waals surface area contributed by atoms with Crippen molar-refractivity contribution in [2.45, 2.75) is 53.5 Å². The van der Waals surface area contributed by atoms with Crippen LogP contribution in [0, 0.1) is 18.3 Å². The normalized spacial score (nSPS) is 11.0. The van der Waals surface area contributed by atoms with Gasteiger partial charge in [-0.2, -0.15) is 9.64 Å². The van der Waals surface area contributed by atoms with Gasteiger partial charge in [-0.15, -0.1) is 10.2 Å². The van der Waals surface area contributed by atoms with E-state index in [0.717, 1.165) is 36.6 Å². The van der Waals surface area contributed by atoms with Crippen LogP contribution in [0.15, 0.2) is 28.4 Å². The molecule has 0 atom stereocenters. The van der Waals surface area contributed by atoms with Crippen molar-refractivity contribution in [1.82, 2.24) is 4.37 Å². The Balaban J connectivity index is 2.40. The van der Waals surface area contributed by atoms with Gasteiger partial charge in [0, 0.05) is 25.2 Å². The van der Waals surface area contributed by atoms with E-state index >= 15 is 0 Å². The van der Waals surface area contributed by atoms with E-state index in [1.54, 1.807) is 6.92 Å². The summed E-state index contributed by atoms with van der Waals surface area (Å²) in [6, 6.07) is 8.18. The molecule has 8 heteroatoms. The summed E-state index contributed by atoms with van der Waals surface area (Å²) < 4.78 is 4.14. The summed E-state index contributed by atoms with van der Waals surface area (Å²) >= 11 is 1.13. The lowest BCUT2D eigenvalue weighted by Gasteiger charge is -2.29. The highest BCUT2D eigenvalue weighted by molar-refractivity contribution is 7.10. The summed E-state index contributed by atoms with van der Waals surface area (Å²) in [4.78, 5) is 14.0. The number of amides is 1. The number of hydrogen-bond donors (Lipinski definition) is 1. The van der Waals surface area contributed by atoms with E-state index in [1.807, 2.05) is 18.2 Å². The smallest absolute Gasteiger partial charge is 0.221 e. The molecule has 0 bridgehead atoms. The Kier molecular flexibility index (Phi) is 7.64. The van der Waals surface area contributed by atoms with E-state index in [9.17, 15) is 10.1 Å². The van der Waals surface area contributed by atoms with Crippen molar-refractivity contribution in [1.29, 1.82) is 5.26 Å². The van der Waals surface area contributed by atoms with Gasteiger partial charge in [0.15, 0.2) is 5.00 Å². The minimum Gasteiger partial charge on any atom is -0.369 e. The van der Waals surface area contributed by atoms with Crippen LogP contribution in [0.5, 0.6) is 0 Å². The first kappa shape index (κ1) is 21.5. The van der Waals surface area contributed by atoms with Crippen LogP contribution in [0.25, 0.3) is 0 Å². The molecular formula is C20H26N6OS. The molecule has 1 N–H and O–H groups in total. The van der Waals surface area contributed by atoms with Crippen LogP contribution in [0.3, 0.4) is 0 Å². The zero-order chi connectivity index (χ0) is 20.7. The third-order valence-corrected chi connectivity index (χ3v) is 5.03. The van der Waals surface area contributed by atoms with Crippen LogP contribution in [0.2, 0.25) is 0 Å². The molecule has 0 fully saturated rings. The minimum atomic E-state index is -0.176. The van der Waals surface area contributed by atoms with Crippen molar-refractivity contribution in [2.75, 3.05) is 16.8 Å². The third kappa shape index (κ3) is 5.36. The van der Waals surface area contributed by atoms with Gasteiger partial charge in [-0.05, 0) is 56.9 Å². The predicted molar refractivity (Wildman–Crippen MR) is 114 cm³/mol. The average Bonchev–Trinajstić information content (AvgIpc) is 3.00. The van der Waals surface area contributed by atoms with Crippen LogP contribution in [-0.2, 0) is 4.79 Å². The second-order valence-electron chi connectivity index (χ2n) is 6.78. The number of carbonyl (C=O) groups is 1. The van der Waals surface area contributed by atoms with Gasteiger partial charge in [-0.1, -0.05) is 13.3 Å². The maximum atomic E-state index is 11.7. The number of nitrogens with one attached hydrogen (secondary N) is 1. The second kappa shape index (κ2) is 9.95. The lowest BCUT2D eigenvalue weighted by molar-refractivity contribution is -0.114. The monoisotopic (exact) mass is 398 g/mol. The SMILES string of the molecule is CCCCN(c1ccc(N=Nc2snc(C)c2C#N)c(NC(C)=O)c1)C(C)C. The summed E-state index contributed by atoms with van der Waals surface area (Å²) in [6.07, 6.45) is 2.21. The minimum absolute atomic E-state index is 0.176. The molecule has 0 aliphatic heterocycles. The van der Waals surface area contributed by atoms with Gasteiger partial charge >= 0.3 is 0 Å². The summed E-state index contributed by atoms with van der Waals surface area (Å²) in [6.45, 7) is 10.6.